The van der Waals surface area contributed by atoms with Gasteiger partial charge in [-0.3, -0.25) is 0 Å². The van der Waals surface area contributed by atoms with Crippen LogP contribution in [-0.4, -0.2) is 19.3 Å². The molecule has 0 aliphatic heterocycles. The van der Waals surface area contributed by atoms with Crippen molar-refractivity contribution >= 4 is 11.3 Å². The van der Waals surface area contributed by atoms with Gasteiger partial charge in [0.05, 0.1) is 12.1 Å². The van der Waals surface area contributed by atoms with Crippen molar-refractivity contribution in [2.45, 2.75) is 53.2 Å². The van der Waals surface area contributed by atoms with Crippen molar-refractivity contribution < 1.29 is 4.74 Å². The predicted molar refractivity (Wildman–Crippen MR) is 80.3 cm³/mol. The van der Waals surface area contributed by atoms with Crippen LogP contribution in [0, 0.1) is 12.8 Å². The lowest BCUT2D eigenvalue weighted by atomic mass is 9.94. The standard InChI is InChI=1S/C15H27NOS/c1-6-8-16-14(13-9-12(5)18-10-13)15(11(3)4)17-7-2/h9-11,14-16H,6-8H2,1-5H3. The molecule has 1 aromatic rings. The Morgan fingerprint density at radius 2 is 2.06 bits per heavy atom. The maximum absolute atomic E-state index is 5.97. The monoisotopic (exact) mass is 269 g/mol. The smallest absolute Gasteiger partial charge is 0.0792 e. The summed E-state index contributed by atoms with van der Waals surface area (Å²) in [6.45, 7) is 12.7. The van der Waals surface area contributed by atoms with Gasteiger partial charge in [-0.1, -0.05) is 20.8 Å². The fourth-order valence-electron chi connectivity index (χ4n) is 2.22. The van der Waals surface area contributed by atoms with E-state index in [1.807, 2.05) is 11.3 Å². The third-order valence-electron chi connectivity index (χ3n) is 3.07. The molecule has 2 nitrogen and oxygen atoms in total. The summed E-state index contributed by atoms with van der Waals surface area (Å²) in [5.74, 6) is 0.513. The number of hydrogen-bond acceptors (Lipinski definition) is 3. The molecule has 0 amide bonds. The minimum atomic E-state index is 0.246. The maximum atomic E-state index is 5.97. The summed E-state index contributed by atoms with van der Waals surface area (Å²) in [4.78, 5) is 1.37. The Morgan fingerprint density at radius 1 is 1.33 bits per heavy atom. The molecule has 0 aliphatic rings. The normalized spacial score (nSPS) is 15.0. The number of thiophene rings is 1. The molecule has 0 spiro atoms. The van der Waals surface area contributed by atoms with Crippen molar-refractivity contribution in [1.82, 2.24) is 5.32 Å². The zero-order chi connectivity index (χ0) is 13.5. The SMILES string of the molecule is CCCNC(c1csc(C)c1)C(OCC)C(C)C. The fourth-order valence-corrected chi connectivity index (χ4v) is 2.96. The number of nitrogens with one attached hydrogen (secondary N) is 1. The lowest BCUT2D eigenvalue weighted by molar-refractivity contribution is 0.00293. The first kappa shape index (κ1) is 15.7. The minimum absolute atomic E-state index is 0.246. The Balaban J connectivity index is 2.87. The van der Waals surface area contributed by atoms with E-state index >= 15 is 0 Å². The van der Waals surface area contributed by atoms with Crippen LogP contribution >= 0.6 is 11.3 Å². The molecule has 0 bridgehead atoms. The van der Waals surface area contributed by atoms with Crippen LogP contribution in [0.4, 0.5) is 0 Å². The van der Waals surface area contributed by atoms with Crippen LogP contribution in [0.25, 0.3) is 0 Å². The highest BCUT2D eigenvalue weighted by Gasteiger charge is 2.26. The summed E-state index contributed by atoms with van der Waals surface area (Å²) in [6, 6.07) is 2.60. The summed E-state index contributed by atoms with van der Waals surface area (Å²) in [7, 11) is 0. The second kappa shape index (κ2) is 7.93. The van der Waals surface area contributed by atoms with Gasteiger partial charge in [0.15, 0.2) is 0 Å². The lowest BCUT2D eigenvalue weighted by Crippen LogP contribution is -2.37. The van der Waals surface area contributed by atoms with Crippen LogP contribution in [0.15, 0.2) is 11.4 Å². The average Bonchev–Trinajstić information content (AvgIpc) is 2.74. The third kappa shape index (κ3) is 4.38. The van der Waals surface area contributed by atoms with E-state index in [0.29, 0.717) is 12.0 Å². The Bertz CT molecular complexity index is 335. The molecule has 1 rings (SSSR count). The largest absolute Gasteiger partial charge is 0.376 e. The van der Waals surface area contributed by atoms with Crippen molar-refractivity contribution in [2.24, 2.45) is 5.92 Å². The van der Waals surface area contributed by atoms with E-state index in [-0.39, 0.29) is 6.10 Å². The van der Waals surface area contributed by atoms with E-state index in [4.69, 9.17) is 4.74 Å². The quantitative estimate of drug-likeness (QED) is 0.765. The highest BCUT2D eigenvalue weighted by atomic mass is 32.1. The molecule has 1 heterocycles. The number of ether oxygens (including phenoxy) is 1. The molecule has 1 N–H and O–H groups in total. The molecule has 3 heteroatoms. The predicted octanol–water partition coefficient (Wildman–Crippen LogP) is 4.16. The summed E-state index contributed by atoms with van der Waals surface area (Å²) in [6.07, 6.45) is 1.40. The third-order valence-corrected chi connectivity index (χ3v) is 3.95. The molecule has 0 aromatic carbocycles. The lowest BCUT2D eigenvalue weighted by Gasteiger charge is -2.30. The van der Waals surface area contributed by atoms with Gasteiger partial charge < -0.3 is 10.1 Å². The highest BCUT2D eigenvalue weighted by Crippen LogP contribution is 2.28. The second-order valence-corrected chi connectivity index (χ2v) is 6.20. The number of aryl methyl sites for hydroxylation is 1. The summed E-state index contributed by atoms with van der Waals surface area (Å²) in [5, 5.41) is 5.91. The Labute approximate surface area is 116 Å². The van der Waals surface area contributed by atoms with Crippen LogP contribution in [-0.2, 0) is 4.74 Å². The Hall–Kier alpha value is -0.380. The zero-order valence-corrected chi connectivity index (χ0v) is 13.1. The van der Waals surface area contributed by atoms with Gasteiger partial charge in [-0.15, -0.1) is 11.3 Å². The first-order valence-corrected chi connectivity index (χ1v) is 7.88. The number of hydrogen-bond donors (Lipinski definition) is 1. The van der Waals surface area contributed by atoms with Gasteiger partial charge in [0, 0.05) is 11.5 Å². The van der Waals surface area contributed by atoms with Crippen molar-refractivity contribution in [2.75, 3.05) is 13.2 Å². The van der Waals surface area contributed by atoms with Crippen LogP contribution in [0.1, 0.15) is 50.6 Å². The van der Waals surface area contributed by atoms with Gasteiger partial charge in [0.2, 0.25) is 0 Å². The molecule has 104 valence electrons. The maximum Gasteiger partial charge on any atom is 0.0792 e. The summed E-state index contributed by atoms with van der Waals surface area (Å²) >= 11 is 1.82. The minimum Gasteiger partial charge on any atom is -0.376 e. The summed E-state index contributed by atoms with van der Waals surface area (Å²) < 4.78 is 5.97. The van der Waals surface area contributed by atoms with Gasteiger partial charge in [-0.05, 0) is 49.7 Å². The molecule has 0 saturated carbocycles. The second-order valence-electron chi connectivity index (χ2n) is 5.09. The molecule has 0 aliphatic carbocycles. The van der Waals surface area contributed by atoms with E-state index in [0.717, 1.165) is 19.6 Å². The van der Waals surface area contributed by atoms with Gasteiger partial charge in [0.1, 0.15) is 0 Å². The first-order chi connectivity index (χ1) is 8.60. The van der Waals surface area contributed by atoms with E-state index in [2.05, 4.69) is 51.4 Å². The van der Waals surface area contributed by atoms with Crippen molar-refractivity contribution in [3.63, 3.8) is 0 Å². The molecular formula is C15H27NOS. The van der Waals surface area contributed by atoms with Gasteiger partial charge in [-0.2, -0.15) is 0 Å². The van der Waals surface area contributed by atoms with Crippen molar-refractivity contribution in [1.29, 1.82) is 0 Å². The first-order valence-electron chi connectivity index (χ1n) is 7.00. The Kier molecular flexibility index (Phi) is 6.90. The molecule has 0 saturated heterocycles. The summed E-state index contributed by atoms with van der Waals surface area (Å²) in [5.41, 5.74) is 1.37. The van der Waals surface area contributed by atoms with Crippen LogP contribution in [0.2, 0.25) is 0 Å². The zero-order valence-electron chi connectivity index (χ0n) is 12.3. The van der Waals surface area contributed by atoms with Crippen molar-refractivity contribution in [3.8, 4) is 0 Å². The van der Waals surface area contributed by atoms with E-state index in [1.54, 1.807) is 0 Å². The van der Waals surface area contributed by atoms with Gasteiger partial charge in [-0.25, -0.2) is 0 Å². The molecule has 0 fully saturated rings. The molecule has 18 heavy (non-hydrogen) atoms. The van der Waals surface area contributed by atoms with E-state index in [9.17, 15) is 0 Å². The molecule has 0 radical (unpaired) electrons. The number of rotatable bonds is 8. The molecular weight excluding hydrogens is 242 g/mol. The van der Waals surface area contributed by atoms with Crippen LogP contribution < -0.4 is 5.32 Å². The molecule has 1 aromatic heterocycles. The average molecular weight is 269 g/mol. The van der Waals surface area contributed by atoms with Gasteiger partial charge in [0.25, 0.3) is 0 Å². The molecule has 2 unspecified atom stereocenters. The van der Waals surface area contributed by atoms with Crippen molar-refractivity contribution in [3.05, 3.63) is 21.9 Å². The Morgan fingerprint density at radius 3 is 2.50 bits per heavy atom. The highest BCUT2D eigenvalue weighted by molar-refractivity contribution is 7.10. The van der Waals surface area contributed by atoms with Crippen LogP contribution in [0.3, 0.4) is 0 Å². The van der Waals surface area contributed by atoms with E-state index in [1.165, 1.54) is 10.4 Å². The van der Waals surface area contributed by atoms with Crippen LogP contribution in [0.5, 0.6) is 0 Å². The van der Waals surface area contributed by atoms with Gasteiger partial charge >= 0.3 is 0 Å². The molecule has 2 atom stereocenters. The fraction of sp³-hybridized carbons (Fsp3) is 0.733. The topological polar surface area (TPSA) is 21.3 Å². The van der Waals surface area contributed by atoms with E-state index < -0.39 is 0 Å².